The number of nitrogens with two attached hydrogens (primary N) is 1. The molecule has 0 aromatic rings. The maximum atomic E-state index is 12.1. The molecule has 2 fully saturated rings. The molecular weight excluding hydrogens is 262 g/mol. The van der Waals surface area contributed by atoms with E-state index in [1.54, 1.807) is 0 Å². The van der Waals surface area contributed by atoms with Crippen LogP contribution in [0.2, 0.25) is 0 Å². The zero-order chi connectivity index (χ0) is 15.6. The Bertz CT molecular complexity index is 367. The SMILES string of the molecule is CC(C)NC1(C(N)=O)CCCC1CCN(C)C(C)C1CC1. The molecule has 4 nitrogen and oxygen atoms in total. The molecule has 2 saturated carbocycles. The number of primary amides is 1. The molecule has 3 atom stereocenters. The van der Waals surface area contributed by atoms with Crippen LogP contribution in [-0.2, 0) is 4.79 Å². The van der Waals surface area contributed by atoms with Crippen molar-refractivity contribution >= 4 is 5.91 Å². The minimum absolute atomic E-state index is 0.156. The van der Waals surface area contributed by atoms with Crippen molar-refractivity contribution in [3.05, 3.63) is 0 Å². The third-order valence-electron chi connectivity index (χ3n) is 5.64. The van der Waals surface area contributed by atoms with Crippen LogP contribution in [0.3, 0.4) is 0 Å². The fourth-order valence-corrected chi connectivity index (χ4v) is 4.07. The first-order valence-electron chi connectivity index (χ1n) is 8.64. The summed E-state index contributed by atoms with van der Waals surface area (Å²) in [4.78, 5) is 14.6. The molecular formula is C17H33N3O. The maximum absolute atomic E-state index is 12.1. The van der Waals surface area contributed by atoms with Gasteiger partial charge >= 0.3 is 0 Å². The van der Waals surface area contributed by atoms with Gasteiger partial charge in [0.2, 0.25) is 5.91 Å². The van der Waals surface area contributed by atoms with Crippen molar-refractivity contribution in [3.8, 4) is 0 Å². The van der Waals surface area contributed by atoms with Gasteiger partial charge in [-0.25, -0.2) is 0 Å². The van der Waals surface area contributed by atoms with Gasteiger partial charge in [-0.2, -0.15) is 0 Å². The quantitative estimate of drug-likeness (QED) is 0.721. The van der Waals surface area contributed by atoms with Crippen LogP contribution in [0.1, 0.15) is 59.3 Å². The lowest BCUT2D eigenvalue weighted by Gasteiger charge is -2.37. The molecule has 0 heterocycles. The smallest absolute Gasteiger partial charge is 0.238 e. The van der Waals surface area contributed by atoms with Crippen molar-refractivity contribution in [3.63, 3.8) is 0 Å². The molecule has 0 bridgehead atoms. The minimum Gasteiger partial charge on any atom is -0.368 e. The summed E-state index contributed by atoms with van der Waals surface area (Å²) in [5.41, 5.74) is 5.31. The van der Waals surface area contributed by atoms with Crippen LogP contribution in [0.15, 0.2) is 0 Å². The lowest BCUT2D eigenvalue weighted by Crippen LogP contribution is -2.60. The van der Waals surface area contributed by atoms with Gasteiger partial charge in [0.1, 0.15) is 5.54 Å². The Morgan fingerprint density at radius 1 is 1.33 bits per heavy atom. The largest absolute Gasteiger partial charge is 0.368 e. The standard InChI is InChI=1S/C17H33N3O/c1-12(2)19-17(16(18)21)10-5-6-15(17)9-11-20(4)13(3)14-7-8-14/h12-15,19H,5-11H2,1-4H3,(H2,18,21). The van der Waals surface area contributed by atoms with E-state index in [0.717, 1.165) is 38.1 Å². The van der Waals surface area contributed by atoms with Crippen LogP contribution in [0.25, 0.3) is 0 Å². The summed E-state index contributed by atoms with van der Waals surface area (Å²) in [6.07, 6.45) is 6.96. The van der Waals surface area contributed by atoms with Gasteiger partial charge < -0.3 is 16.0 Å². The van der Waals surface area contributed by atoms with Crippen LogP contribution in [0.4, 0.5) is 0 Å². The number of nitrogens with zero attached hydrogens (tertiary/aromatic N) is 1. The lowest BCUT2D eigenvalue weighted by atomic mass is 9.83. The zero-order valence-electron chi connectivity index (χ0n) is 14.2. The van der Waals surface area contributed by atoms with Crippen molar-refractivity contribution < 1.29 is 4.79 Å². The van der Waals surface area contributed by atoms with E-state index in [4.69, 9.17) is 5.73 Å². The van der Waals surface area contributed by atoms with Gasteiger partial charge in [-0.15, -0.1) is 0 Å². The highest BCUT2D eigenvalue weighted by Crippen LogP contribution is 2.39. The van der Waals surface area contributed by atoms with Gasteiger partial charge in [-0.05, 0) is 78.3 Å². The van der Waals surface area contributed by atoms with Gasteiger partial charge in [0, 0.05) is 12.1 Å². The molecule has 4 heteroatoms. The highest BCUT2D eigenvalue weighted by atomic mass is 16.1. The first kappa shape index (κ1) is 16.8. The molecule has 0 saturated heterocycles. The zero-order valence-corrected chi connectivity index (χ0v) is 14.2. The summed E-state index contributed by atoms with van der Waals surface area (Å²) >= 11 is 0. The van der Waals surface area contributed by atoms with E-state index >= 15 is 0 Å². The summed E-state index contributed by atoms with van der Waals surface area (Å²) in [6.45, 7) is 7.60. The van der Waals surface area contributed by atoms with Crippen molar-refractivity contribution in [2.24, 2.45) is 17.6 Å². The second-order valence-corrected chi connectivity index (χ2v) is 7.57. The van der Waals surface area contributed by atoms with Crippen molar-refractivity contribution in [1.29, 1.82) is 0 Å². The van der Waals surface area contributed by atoms with Crippen molar-refractivity contribution in [2.75, 3.05) is 13.6 Å². The number of rotatable bonds is 8. The Morgan fingerprint density at radius 2 is 2.00 bits per heavy atom. The normalized spacial score (nSPS) is 31.0. The first-order chi connectivity index (χ1) is 9.86. The molecule has 1 amide bonds. The van der Waals surface area contributed by atoms with E-state index in [0.29, 0.717) is 18.0 Å². The van der Waals surface area contributed by atoms with Crippen LogP contribution in [0, 0.1) is 11.8 Å². The van der Waals surface area contributed by atoms with Crippen LogP contribution in [0.5, 0.6) is 0 Å². The van der Waals surface area contributed by atoms with E-state index in [1.165, 1.54) is 12.8 Å². The summed E-state index contributed by atoms with van der Waals surface area (Å²) in [7, 11) is 2.22. The van der Waals surface area contributed by atoms with Crippen LogP contribution < -0.4 is 11.1 Å². The highest BCUT2D eigenvalue weighted by molar-refractivity contribution is 5.85. The van der Waals surface area contributed by atoms with Gasteiger partial charge in [-0.1, -0.05) is 6.42 Å². The molecule has 3 N–H and O–H groups in total. The molecule has 21 heavy (non-hydrogen) atoms. The Balaban J connectivity index is 1.94. The third kappa shape index (κ3) is 3.78. The van der Waals surface area contributed by atoms with Crippen LogP contribution in [-0.4, -0.2) is 42.0 Å². The van der Waals surface area contributed by atoms with Gasteiger partial charge in [-0.3, -0.25) is 4.79 Å². The van der Waals surface area contributed by atoms with E-state index in [9.17, 15) is 4.79 Å². The molecule has 0 aromatic carbocycles. The summed E-state index contributed by atoms with van der Waals surface area (Å²) < 4.78 is 0. The molecule has 2 aliphatic carbocycles. The van der Waals surface area contributed by atoms with Crippen molar-refractivity contribution in [1.82, 2.24) is 10.2 Å². The van der Waals surface area contributed by atoms with E-state index in [2.05, 4.69) is 38.0 Å². The molecule has 0 radical (unpaired) electrons. The number of hydrogen-bond acceptors (Lipinski definition) is 3. The molecule has 3 unspecified atom stereocenters. The molecule has 0 spiro atoms. The molecule has 0 aromatic heterocycles. The number of nitrogens with one attached hydrogen (secondary N) is 1. The van der Waals surface area contributed by atoms with E-state index < -0.39 is 5.54 Å². The second kappa shape index (κ2) is 6.66. The third-order valence-corrected chi connectivity index (χ3v) is 5.64. The molecule has 2 rings (SSSR count). The predicted molar refractivity (Wildman–Crippen MR) is 87.0 cm³/mol. The summed E-state index contributed by atoms with van der Waals surface area (Å²) in [5.74, 6) is 1.12. The molecule has 2 aliphatic rings. The summed E-state index contributed by atoms with van der Waals surface area (Å²) in [5, 5.41) is 3.50. The Labute approximate surface area is 129 Å². The predicted octanol–water partition coefficient (Wildman–Crippen LogP) is 2.13. The van der Waals surface area contributed by atoms with Gasteiger partial charge in [0.25, 0.3) is 0 Å². The van der Waals surface area contributed by atoms with Gasteiger partial charge in [0.15, 0.2) is 0 Å². The Morgan fingerprint density at radius 3 is 2.52 bits per heavy atom. The molecule has 0 aliphatic heterocycles. The average Bonchev–Trinajstić information content (AvgIpc) is 3.17. The summed E-state index contributed by atoms with van der Waals surface area (Å²) in [6, 6.07) is 0.966. The topological polar surface area (TPSA) is 58.4 Å². The van der Waals surface area contributed by atoms with E-state index in [-0.39, 0.29) is 5.91 Å². The number of amides is 1. The second-order valence-electron chi connectivity index (χ2n) is 7.57. The number of carbonyl (C=O) groups is 1. The fourth-order valence-electron chi connectivity index (χ4n) is 4.07. The lowest BCUT2D eigenvalue weighted by molar-refractivity contribution is -0.126. The first-order valence-corrected chi connectivity index (χ1v) is 8.64. The average molecular weight is 295 g/mol. The monoisotopic (exact) mass is 295 g/mol. The number of hydrogen-bond donors (Lipinski definition) is 2. The highest BCUT2D eigenvalue weighted by Gasteiger charge is 2.47. The van der Waals surface area contributed by atoms with Crippen molar-refractivity contribution in [2.45, 2.75) is 76.9 Å². The maximum Gasteiger partial charge on any atom is 0.238 e. The minimum atomic E-state index is -0.474. The molecule has 122 valence electrons. The number of carbonyl (C=O) groups excluding carboxylic acids is 1. The Hall–Kier alpha value is -0.610. The van der Waals surface area contributed by atoms with Crippen LogP contribution >= 0.6 is 0 Å². The Kier molecular flexibility index (Phi) is 5.31. The van der Waals surface area contributed by atoms with E-state index in [1.807, 2.05) is 0 Å². The van der Waals surface area contributed by atoms with Gasteiger partial charge in [0.05, 0.1) is 0 Å². The fraction of sp³-hybridized carbons (Fsp3) is 0.941.